The Morgan fingerprint density at radius 3 is 2.18 bits per heavy atom. The van der Waals surface area contributed by atoms with Crippen LogP contribution in [-0.2, 0) is 14.8 Å². The Hall–Kier alpha value is -2.91. The first kappa shape index (κ1) is 26.7. The molecule has 3 aliphatic rings. The lowest BCUT2D eigenvalue weighted by molar-refractivity contribution is -0.136. The van der Waals surface area contributed by atoms with Gasteiger partial charge in [0.25, 0.3) is 5.91 Å². The van der Waals surface area contributed by atoms with Gasteiger partial charge in [0.15, 0.2) is 0 Å². The maximum Gasteiger partial charge on any atom is 0.257 e. The summed E-state index contributed by atoms with van der Waals surface area (Å²) in [7, 11) is -3.88. The van der Waals surface area contributed by atoms with Crippen molar-refractivity contribution >= 4 is 27.4 Å². The molecule has 0 atom stereocenters. The Bertz CT molecular complexity index is 1320. The van der Waals surface area contributed by atoms with E-state index >= 15 is 0 Å². The second-order valence-electron chi connectivity index (χ2n) is 10.7. The Kier molecular flexibility index (Phi) is 7.77. The van der Waals surface area contributed by atoms with Crippen LogP contribution in [0.25, 0.3) is 5.57 Å². The molecule has 38 heavy (non-hydrogen) atoms. The molecule has 2 aromatic rings. The number of carbonyl (C=O) groups is 2. The molecule has 3 aliphatic heterocycles. The van der Waals surface area contributed by atoms with E-state index in [0.29, 0.717) is 50.4 Å². The summed E-state index contributed by atoms with van der Waals surface area (Å²) in [4.78, 5) is 33.5. The van der Waals surface area contributed by atoms with Crippen LogP contribution in [0.5, 0.6) is 0 Å². The lowest BCUT2D eigenvalue weighted by Crippen LogP contribution is -2.45. The highest BCUT2D eigenvalue weighted by molar-refractivity contribution is 7.89. The minimum Gasteiger partial charge on any atom is -0.361 e. The van der Waals surface area contributed by atoms with Gasteiger partial charge in [-0.2, -0.15) is 4.31 Å². The van der Waals surface area contributed by atoms with Crippen LogP contribution in [0.15, 0.2) is 41.3 Å². The fourth-order valence-electron chi connectivity index (χ4n) is 6.11. The summed E-state index contributed by atoms with van der Waals surface area (Å²) < 4.78 is 29.1. The second kappa shape index (κ2) is 11.1. The van der Waals surface area contributed by atoms with Crippen LogP contribution < -0.4 is 0 Å². The van der Waals surface area contributed by atoms with E-state index in [0.717, 1.165) is 25.7 Å². The molecule has 0 bridgehead atoms. The van der Waals surface area contributed by atoms with Crippen molar-refractivity contribution in [3.8, 4) is 0 Å². The highest BCUT2D eigenvalue weighted by Gasteiger charge is 2.38. The predicted molar refractivity (Wildman–Crippen MR) is 147 cm³/mol. The number of aromatic amines is 1. The third kappa shape index (κ3) is 5.18. The first-order valence-electron chi connectivity index (χ1n) is 13.8. The smallest absolute Gasteiger partial charge is 0.257 e. The molecule has 1 N–H and O–H groups in total. The average molecular weight is 539 g/mol. The molecule has 0 radical (unpaired) electrons. The van der Waals surface area contributed by atoms with E-state index in [1.54, 1.807) is 18.7 Å². The van der Waals surface area contributed by atoms with Crippen molar-refractivity contribution in [3.63, 3.8) is 0 Å². The number of nitrogens with one attached hydrogen (secondary N) is 1. The Balaban J connectivity index is 1.25. The monoisotopic (exact) mass is 538 g/mol. The van der Waals surface area contributed by atoms with Crippen molar-refractivity contribution in [2.45, 2.75) is 57.3 Å². The fourth-order valence-corrected chi connectivity index (χ4v) is 7.99. The number of carbonyl (C=O) groups excluding carboxylic acids is 2. The summed E-state index contributed by atoms with van der Waals surface area (Å²) in [6.07, 6.45) is 6.91. The lowest BCUT2D eigenvalue weighted by atomic mass is 9.94. The van der Waals surface area contributed by atoms with Gasteiger partial charge in [0, 0.05) is 56.6 Å². The number of piperidine rings is 2. The van der Waals surface area contributed by atoms with E-state index in [1.807, 2.05) is 23.1 Å². The summed E-state index contributed by atoms with van der Waals surface area (Å²) >= 11 is 0. The number of rotatable bonds is 5. The van der Waals surface area contributed by atoms with Gasteiger partial charge in [-0.25, -0.2) is 8.42 Å². The largest absolute Gasteiger partial charge is 0.361 e. The lowest BCUT2D eigenvalue weighted by Gasteiger charge is -2.35. The standard InChI is InChI=1S/C29H38N4O4S/c1-21-26(29(35)31-15-7-4-8-16-31)27(22(2)30-21)38(36,37)33-19-13-25(14-20-33)28(34)32-17-11-24(12-18-32)23-9-5-3-6-10-23/h3,5-6,9-11,25,30H,4,7-8,12-20H2,1-2H3. The van der Waals surface area contributed by atoms with Crippen LogP contribution in [-0.4, -0.2) is 78.6 Å². The van der Waals surface area contributed by atoms with Crippen LogP contribution in [0.3, 0.4) is 0 Å². The third-order valence-electron chi connectivity index (χ3n) is 8.24. The molecule has 0 saturated carbocycles. The minimum absolute atomic E-state index is 0.102. The van der Waals surface area contributed by atoms with E-state index in [1.165, 1.54) is 15.4 Å². The van der Waals surface area contributed by atoms with E-state index in [-0.39, 0.29) is 41.3 Å². The molecule has 0 unspecified atom stereocenters. The van der Waals surface area contributed by atoms with Gasteiger partial charge in [-0.05, 0) is 63.5 Å². The normalized spacial score (nSPS) is 19.9. The zero-order chi connectivity index (χ0) is 26.9. The molecule has 2 fully saturated rings. The number of H-pyrrole nitrogens is 1. The van der Waals surface area contributed by atoms with Crippen molar-refractivity contribution < 1.29 is 18.0 Å². The molecular formula is C29H38N4O4S. The average Bonchev–Trinajstić information content (AvgIpc) is 3.27. The number of sulfonamides is 1. The number of hydrogen-bond donors (Lipinski definition) is 1. The number of hydrogen-bond acceptors (Lipinski definition) is 4. The van der Waals surface area contributed by atoms with Gasteiger partial charge in [-0.15, -0.1) is 0 Å². The topological polar surface area (TPSA) is 93.8 Å². The number of likely N-dealkylation sites (tertiary alicyclic amines) is 1. The Morgan fingerprint density at radius 1 is 0.868 bits per heavy atom. The minimum atomic E-state index is -3.88. The third-order valence-corrected chi connectivity index (χ3v) is 10.3. The van der Waals surface area contributed by atoms with E-state index in [9.17, 15) is 18.0 Å². The molecule has 1 aromatic heterocycles. The van der Waals surface area contributed by atoms with Crippen molar-refractivity contribution in [1.82, 2.24) is 19.1 Å². The quantitative estimate of drug-likeness (QED) is 0.623. The molecular weight excluding hydrogens is 500 g/mol. The molecule has 204 valence electrons. The first-order chi connectivity index (χ1) is 18.3. The van der Waals surface area contributed by atoms with Crippen molar-refractivity contribution in [2.75, 3.05) is 39.3 Å². The Morgan fingerprint density at radius 2 is 1.55 bits per heavy atom. The van der Waals surface area contributed by atoms with Gasteiger partial charge in [0.1, 0.15) is 4.90 Å². The van der Waals surface area contributed by atoms with Crippen molar-refractivity contribution in [1.29, 1.82) is 0 Å². The molecule has 9 heteroatoms. The van der Waals surface area contributed by atoms with E-state index in [4.69, 9.17) is 0 Å². The Labute approximate surface area is 225 Å². The second-order valence-corrected chi connectivity index (χ2v) is 12.6. The summed E-state index contributed by atoms with van der Waals surface area (Å²) in [5.74, 6) is -0.278. The van der Waals surface area contributed by atoms with E-state index in [2.05, 4.69) is 23.2 Å². The molecule has 8 nitrogen and oxygen atoms in total. The summed E-state index contributed by atoms with van der Waals surface area (Å²) in [6, 6.07) is 10.2. The van der Waals surface area contributed by atoms with Crippen LogP contribution in [0.1, 0.15) is 65.8 Å². The number of amides is 2. The van der Waals surface area contributed by atoms with Gasteiger partial charge in [-0.3, -0.25) is 9.59 Å². The van der Waals surface area contributed by atoms with Gasteiger partial charge in [0.05, 0.1) is 5.56 Å². The molecule has 0 aliphatic carbocycles. The van der Waals surface area contributed by atoms with Gasteiger partial charge >= 0.3 is 0 Å². The number of benzene rings is 1. The molecule has 2 amide bonds. The number of aromatic nitrogens is 1. The number of nitrogens with zero attached hydrogens (tertiary/aromatic N) is 3. The molecule has 2 saturated heterocycles. The van der Waals surface area contributed by atoms with Crippen LogP contribution >= 0.6 is 0 Å². The summed E-state index contributed by atoms with van der Waals surface area (Å²) in [5.41, 5.74) is 3.83. The maximum absolute atomic E-state index is 13.8. The van der Waals surface area contributed by atoms with Gasteiger partial charge < -0.3 is 14.8 Å². The predicted octanol–water partition coefficient (Wildman–Crippen LogP) is 3.97. The van der Waals surface area contributed by atoms with Crippen LogP contribution in [0.4, 0.5) is 0 Å². The molecule has 4 heterocycles. The van der Waals surface area contributed by atoms with Crippen LogP contribution in [0.2, 0.25) is 0 Å². The van der Waals surface area contributed by atoms with E-state index < -0.39 is 10.0 Å². The number of aryl methyl sites for hydroxylation is 2. The first-order valence-corrected chi connectivity index (χ1v) is 15.2. The van der Waals surface area contributed by atoms with Crippen molar-refractivity contribution in [2.24, 2.45) is 5.92 Å². The summed E-state index contributed by atoms with van der Waals surface area (Å²) in [5, 5.41) is 0. The molecule has 0 spiro atoms. The van der Waals surface area contributed by atoms with Crippen LogP contribution in [0, 0.1) is 19.8 Å². The van der Waals surface area contributed by atoms with Gasteiger partial charge in [0.2, 0.25) is 15.9 Å². The van der Waals surface area contributed by atoms with Crippen molar-refractivity contribution in [3.05, 3.63) is 58.9 Å². The maximum atomic E-state index is 13.8. The SMILES string of the molecule is Cc1[nH]c(C)c(S(=O)(=O)N2CCC(C(=O)N3CC=C(c4ccccc4)CC3)CC2)c1C(=O)N1CCCCC1. The highest BCUT2D eigenvalue weighted by atomic mass is 32.2. The summed E-state index contributed by atoms with van der Waals surface area (Å²) in [6.45, 7) is 6.63. The van der Waals surface area contributed by atoms with Gasteiger partial charge in [-0.1, -0.05) is 36.4 Å². The zero-order valence-electron chi connectivity index (χ0n) is 22.4. The molecule has 1 aromatic carbocycles. The highest BCUT2D eigenvalue weighted by Crippen LogP contribution is 2.32. The fraction of sp³-hybridized carbons (Fsp3) is 0.517. The molecule has 5 rings (SSSR count). The zero-order valence-corrected chi connectivity index (χ0v) is 23.2.